The largest absolute Gasteiger partial charge is 0.462 e. The van der Waals surface area contributed by atoms with Gasteiger partial charge in [0.25, 0.3) is 10.1 Å². The highest BCUT2D eigenvalue weighted by molar-refractivity contribution is 7.85. The predicted molar refractivity (Wildman–Crippen MR) is 158 cm³/mol. The summed E-state index contributed by atoms with van der Waals surface area (Å²) in [5, 5.41) is 0. The fraction of sp³-hybridized carbons (Fsp3) is 0.909. The van der Waals surface area contributed by atoms with Crippen LogP contribution in [0.3, 0.4) is 0 Å². The monoisotopic (exact) mass is 582 g/mol. The molecule has 0 saturated heterocycles. The number of hydrogen-bond donors (Lipinski definition) is 0. The first-order valence-corrected chi connectivity index (χ1v) is 17.7. The summed E-state index contributed by atoms with van der Waals surface area (Å²) in [5.74, 6) is 1.99. The molecule has 7 heteroatoms. The summed E-state index contributed by atoms with van der Waals surface area (Å²) in [7, 11) is -3.41. The van der Waals surface area contributed by atoms with Gasteiger partial charge in [-0.25, -0.2) is 4.39 Å². The van der Waals surface area contributed by atoms with Gasteiger partial charge >= 0.3 is 5.97 Å². The van der Waals surface area contributed by atoms with Crippen LogP contribution >= 0.6 is 0 Å². The van der Waals surface area contributed by atoms with E-state index in [1.54, 1.807) is 0 Å². The first-order valence-electron chi connectivity index (χ1n) is 15.8. The fourth-order valence-electron chi connectivity index (χ4n) is 9.36. The van der Waals surface area contributed by atoms with Crippen LogP contribution in [0.4, 0.5) is 4.39 Å². The molecule has 0 heterocycles. The van der Waals surface area contributed by atoms with E-state index >= 15 is 4.39 Å². The quantitative estimate of drug-likeness (QED) is 0.157. The minimum Gasteiger partial charge on any atom is -0.462 e. The summed E-state index contributed by atoms with van der Waals surface area (Å²) in [6, 6.07) is 0. The number of fused-ring (bicyclic) bond motifs is 5. The van der Waals surface area contributed by atoms with Crippen molar-refractivity contribution in [2.45, 2.75) is 125 Å². The average Bonchev–Trinajstić information content (AvgIpc) is 3.11. The molecule has 4 aliphatic carbocycles. The number of hydrogen-bond acceptors (Lipinski definition) is 5. The van der Waals surface area contributed by atoms with E-state index in [0.29, 0.717) is 30.1 Å². The van der Waals surface area contributed by atoms with Gasteiger partial charge in [0.1, 0.15) is 12.3 Å². The molecule has 10 atom stereocenters. The molecule has 0 aliphatic heterocycles. The van der Waals surface area contributed by atoms with Crippen molar-refractivity contribution in [3.8, 4) is 0 Å². The molecule has 0 bridgehead atoms. The Kier molecular flexibility index (Phi) is 9.29. The van der Waals surface area contributed by atoms with E-state index in [2.05, 4.69) is 26.8 Å². The summed E-state index contributed by atoms with van der Waals surface area (Å²) in [6.07, 6.45) is 12.4. The van der Waals surface area contributed by atoms with Crippen LogP contribution in [-0.4, -0.2) is 39.5 Å². The zero-order chi connectivity index (χ0) is 29.7. The van der Waals surface area contributed by atoms with Gasteiger partial charge in [0.15, 0.2) is 0 Å². The molecule has 0 aromatic heterocycles. The lowest BCUT2D eigenvalue weighted by Crippen LogP contribution is -2.51. The van der Waals surface area contributed by atoms with Crippen LogP contribution in [-0.2, 0) is 23.8 Å². The smallest absolute Gasteiger partial charge is 0.311 e. The second-order valence-corrected chi connectivity index (χ2v) is 17.2. The van der Waals surface area contributed by atoms with Gasteiger partial charge < -0.3 is 4.74 Å². The second-order valence-electron chi connectivity index (χ2n) is 15.6. The molecule has 4 aliphatic rings. The Labute approximate surface area is 243 Å². The molecule has 5 nitrogen and oxygen atoms in total. The zero-order valence-electron chi connectivity index (χ0n) is 26.3. The molecule has 3 unspecified atom stereocenters. The van der Waals surface area contributed by atoms with Crippen molar-refractivity contribution in [1.29, 1.82) is 0 Å². The van der Waals surface area contributed by atoms with E-state index in [4.69, 9.17) is 8.92 Å². The van der Waals surface area contributed by atoms with Crippen LogP contribution in [0.1, 0.15) is 113 Å². The zero-order valence-corrected chi connectivity index (χ0v) is 27.1. The van der Waals surface area contributed by atoms with Gasteiger partial charge in [-0.2, -0.15) is 8.42 Å². The Balaban J connectivity index is 1.39. The highest BCUT2D eigenvalue weighted by Crippen LogP contribution is 2.67. The maximum atomic E-state index is 15.9. The van der Waals surface area contributed by atoms with Crippen molar-refractivity contribution in [3.63, 3.8) is 0 Å². The lowest BCUT2D eigenvalue weighted by atomic mass is 9.47. The predicted octanol–water partition coefficient (Wildman–Crippen LogP) is 7.89. The van der Waals surface area contributed by atoms with Gasteiger partial charge in [-0.15, -0.1) is 0 Å². The first kappa shape index (κ1) is 32.0. The van der Waals surface area contributed by atoms with E-state index in [-0.39, 0.29) is 41.3 Å². The number of allylic oxidation sites excluding steroid dienone is 1. The molecular formula is C33H55FO5S. The SMILES string of the molecule is C[C@H](CCC[C@@H](C)C1[C@H](F)C[C@H]2C3CC=C4C[C@@H](OC(=O)C(C)(C)C)CC[C@]4(C)C3CC[C@]12C)COS(C)(=O)=O. The number of esters is 1. The molecule has 0 radical (unpaired) electrons. The third kappa shape index (κ3) is 6.50. The Morgan fingerprint density at radius 2 is 1.82 bits per heavy atom. The Bertz CT molecular complexity index is 1060. The summed E-state index contributed by atoms with van der Waals surface area (Å²) < 4.78 is 49.4. The lowest BCUT2D eigenvalue weighted by Gasteiger charge is -2.58. The van der Waals surface area contributed by atoms with E-state index in [1.165, 1.54) is 5.57 Å². The van der Waals surface area contributed by atoms with Crippen LogP contribution in [0.25, 0.3) is 0 Å². The van der Waals surface area contributed by atoms with Gasteiger partial charge in [0.2, 0.25) is 0 Å². The normalized spacial score (nSPS) is 39.4. The summed E-state index contributed by atoms with van der Waals surface area (Å²) in [6.45, 7) is 15.1. The molecular weight excluding hydrogens is 527 g/mol. The second kappa shape index (κ2) is 11.6. The van der Waals surface area contributed by atoms with E-state index in [1.807, 2.05) is 27.7 Å². The fourth-order valence-corrected chi connectivity index (χ4v) is 9.84. The first-order chi connectivity index (χ1) is 18.5. The number of carbonyl (C=O) groups excluding carboxylic acids is 1. The minimum absolute atomic E-state index is 0.0240. The molecule has 3 fully saturated rings. The minimum atomic E-state index is -3.41. The van der Waals surface area contributed by atoms with Gasteiger partial charge in [0, 0.05) is 6.42 Å². The number of ether oxygens (including phenoxy) is 1. The standard InChI is InChI=1S/C33H55FO5S/c1-21(20-38-40(8,36)37)10-9-11-22(2)29-28(34)19-27-25-13-12-23-18-24(39-30(35)31(3,4)5)14-16-32(23,6)26(25)15-17-33(27,29)7/h12,21-22,24-29H,9-11,13-20H2,1-8H3/t21-,22-,24+,25?,26?,27+,28-,29?,32+,33+/m1/s1. The highest BCUT2D eigenvalue weighted by Gasteiger charge is 2.62. The van der Waals surface area contributed by atoms with Gasteiger partial charge in [-0.3, -0.25) is 8.98 Å². The third-order valence-electron chi connectivity index (χ3n) is 11.5. The van der Waals surface area contributed by atoms with Crippen LogP contribution in [0.15, 0.2) is 11.6 Å². The van der Waals surface area contributed by atoms with Crippen molar-refractivity contribution in [2.24, 2.45) is 51.8 Å². The van der Waals surface area contributed by atoms with Crippen LogP contribution in [0.2, 0.25) is 0 Å². The molecule has 0 amide bonds. The van der Waals surface area contributed by atoms with Gasteiger partial charge in [-0.1, -0.05) is 52.2 Å². The lowest BCUT2D eigenvalue weighted by molar-refractivity contribution is -0.161. The van der Waals surface area contributed by atoms with Crippen molar-refractivity contribution in [2.75, 3.05) is 12.9 Å². The van der Waals surface area contributed by atoms with Gasteiger partial charge in [0.05, 0.1) is 18.3 Å². The molecule has 0 aromatic carbocycles. The van der Waals surface area contributed by atoms with Crippen molar-refractivity contribution >= 4 is 16.1 Å². The van der Waals surface area contributed by atoms with Crippen LogP contribution in [0.5, 0.6) is 0 Å². The Morgan fingerprint density at radius 3 is 2.48 bits per heavy atom. The maximum Gasteiger partial charge on any atom is 0.311 e. The van der Waals surface area contributed by atoms with Crippen molar-refractivity contribution in [3.05, 3.63) is 11.6 Å². The number of rotatable bonds is 9. The van der Waals surface area contributed by atoms with Crippen LogP contribution < -0.4 is 0 Å². The third-order valence-corrected chi connectivity index (χ3v) is 12.1. The highest BCUT2D eigenvalue weighted by atomic mass is 32.2. The van der Waals surface area contributed by atoms with Crippen molar-refractivity contribution in [1.82, 2.24) is 0 Å². The summed E-state index contributed by atoms with van der Waals surface area (Å²) in [5.41, 5.74) is 1.16. The van der Waals surface area contributed by atoms with E-state index < -0.39 is 21.7 Å². The van der Waals surface area contributed by atoms with Crippen molar-refractivity contribution < 1.29 is 26.5 Å². The maximum absolute atomic E-state index is 15.9. The molecule has 0 aromatic rings. The Hall–Kier alpha value is -0.950. The number of alkyl halides is 1. The summed E-state index contributed by atoms with van der Waals surface area (Å²) in [4.78, 5) is 12.5. The molecule has 0 spiro atoms. The van der Waals surface area contributed by atoms with Gasteiger partial charge in [-0.05, 0) is 112 Å². The van der Waals surface area contributed by atoms with Crippen LogP contribution in [0, 0.1) is 51.8 Å². The number of carbonyl (C=O) groups is 1. The number of halogens is 1. The molecule has 3 saturated carbocycles. The van der Waals surface area contributed by atoms with E-state index in [9.17, 15) is 13.2 Å². The molecule has 0 N–H and O–H groups in total. The Morgan fingerprint density at radius 1 is 1.12 bits per heavy atom. The average molecular weight is 583 g/mol. The van der Waals surface area contributed by atoms with E-state index in [0.717, 1.165) is 64.0 Å². The topological polar surface area (TPSA) is 69.7 Å². The molecule has 4 rings (SSSR count). The summed E-state index contributed by atoms with van der Waals surface area (Å²) >= 11 is 0. The molecule has 40 heavy (non-hydrogen) atoms. The molecule has 230 valence electrons.